The number of rotatable bonds is 6. The summed E-state index contributed by atoms with van der Waals surface area (Å²) >= 11 is 0. The third kappa shape index (κ3) is 13.7. The van der Waals surface area contributed by atoms with E-state index in [4.69, 9.17) is 4.74 Å². The molecule has 0 amide bonds. The maximum Gasteiger partial charge on any atom is 4.00 e. The molecule has 0 saturated heterocycles. The molecule has 1 aliphatic carbocycles. The van der Waals surface area contributed by atoms with Gasteiger partial charge in [0, 0.05) is 12.7 Å². The number of benzene rings is 6. The van der Waals surface area contributed by atoms with E-state index < -0.39 is 7.05 Å². The molecule has 0 radical (unpaired) electrons. The van der Waals surface area contributed by atoms with Crippen molar-refractivity contribution in [1.82, 2.24) is 0 Å². The van der Waals surface area contributed by atoms with Crippen molar-refractivity contribution in [3.8, 4) is 0 Å². The van der Waals surface area contributed by atoms with Gasteiger partial charge in [-0.15, -0.1) is 36.4 Å². The summed E-state index contributed by atoms with van der Waals surface area (Å²) in [6, 6.07) is 58.9. The van der Waals surface area contributed by atoms with Crippen molar-refractivity contribution in [3.05, 3.63) is 226 Å². The van der Waals surface area contributed by atoms with Crippen molar-refractivity contribution in [2.45, 2.75) is 70.9 Å². The molecule has 278 valence electrons. The standard InChI is InChI=1S/C29H36NP.3C7H7.CH3.Zr/c1-22(2)27-20-13-21-28(23(3)4)29(27)30-31(26-18-11-12-19-26,24-14-7-5-8-15-24)25-16-9-6-10-17-25;3*1-7-5-3-2-4-6-7;;/h5-10,13-17,20-23,26H,11-12,18-19H2,1-4H3;3*2-6H,1H2;1H3;/q;4*-1;+4. The van der Waals surface area contributed by atoms with Crippen molar-refractivity contribution in [1.29, 1.82) is 0 Å². The summed E-state index contributed by atoms with van der Waals surface area (Å²) in [7, 11) is -1.98. The quantitative estimate of drug-likeness (QED) is 0.117. The summed E-state index contributed by atoms with van der Waals surface area (Å²) < 4.78 is 5.97. The Morgan fingerprint density at radius 1 is 0.463 bits per heavy atom. The molecule has 7 rings (SSSR count). The van der Waals surface area contributed by atoms with Crippen LogP contribution in [0.2, 0.25) is 0 Å². The van der Waals surface area contributed by atoms with E-state index in [1.165, 1.54) is 53.1 Å². The van der Waals surface area contributed by atoms with E-state index in [2.05, 4.69) is 127 Å². The van der Waals surface area contributed by atoms with Gasteiger partial charge in [-0.1, -0.05) is 138 Å². The third-order valence-electron chi connectivity index (χ3n) is 9.28. The first-order valence-electron chi connectivity index (χ1n) is 18.7. The van der Waals surface area contributed by atoms with E-state index in [-0.39, 0.29) is 33.6 Å². The Kier molecular flexibility index (Phi) is 20.9. The molecule has 0 heterocycles. The first-order chi connectivity index (χ1) is 25.2. The summed E-state index contributed by atoms with van der Waals surface area (Å²) in [5.41, 5.74) is 7.88. The SMILES string of the molecule is CC(C)c1cccc(C(C)C)c1N=P(c1ccccc1)(c1ccccc1)C1CCCC1.[CH2-]c1ccccc1.[CH2-]c1ccccc1.[CH2-]c1ccccc1.[CH3-].[Zr+4]. The van der Waals surface area contributed by atoms with Gasteiger partial charge in [0.15, 0.2) is 0 Å². The van der Waals surface area contributed by atoms with Gasteiger partial charge in [-0.25, -0.2) is 0 Å². The first-order valence-corrected chi connectivity index (χ1v) is 20.5. The Morgan fingerprint density at radius 3 is 1.02 bits per heavy atom. The molecular formula is C51H60NPZr. The Balaban J connectivity index is 0.000000353. The number of nitrogens with zero attached hydrogens (tertiary/aromatic N) is 1. The molecule has 3 heteroatoms. The first kappa shape index (κ1) is 46.2. The van der Waals surface area contributed by atoms with Crippen LogP contribution in [0.4, 0.5) is 5.69 Å². The predicted molar refractivity (Wildman–Crippen MR) is 237 cm³/mol. The molecule has 0 aromatic heterocycles. The van der Waals surface area contributed by atoms with E-state index in [1.807, 2.05) is 91.0 Å². The minimum absolute atomic E-state index is 0. The van der Waals surface area contributed by atoms with Crippen molar-refractivity contribution in [2.75, 3.05) is 0 Å². The Morgan fingerprint density at radius 2 is 0.759 bits per heavy atom. The Hall–Kier alpha value is -3.96. The van der Waals surface area contributed by atoms with Gasteiger partial charge < -0.3 is 7.43 Å². The molecule has 1 saturated carbocycles. The van der Waals surface area contributed by atoms with E-state index in [0.717, 1.165) is 16.7 Å². The fourth-order valence-corrected chi connectivity index (χ4v) is 11.0. The fraction of sp³-hybridized carbons (Fsp3) is 0.216. The van der Waals surface area contributed by atoms with Crippen LogP contribution >= 0.6 is 7.05 Å². The van der Waals surface area contributed by atoms with Crippen LogP contribution < -0.4 is 10.6 Å². The zero-order valence-electron chi connectivity index (χ0n) is 33.2. The zero-order valence-corrected chi connectivity index (χ0v) is 36.6. The molecule has 0 spiro atoms. The summed E-state index contributed by atoms with van der Waals surface area (Å²) in [6.07, 6.45) is 5.21. The van der Waals surface area contributed by atoms with Gasteiger partial charge in [-0.05, 0) is 46.4 Å². The van der Waals surface area contributed by atoms with Crippen LogP contribution in [0.25, 0.3) is 0 Å². The molecule has 0 bridgehead atoms. The van der Waals surface area contributed by atoms with Gasteiger partial charge in [0.25, 0.3) is 0 Å². The van der Waals surface area contributed by atoms with E-state index in [0.29, 0.717) is 17.5 Å². The summed E-state index contributed by atoms with van der Waals surface area (Å²) in [6.45, 7) is 20.4. The van der Waals surface area contributed by atoms with Crippen LogP contribution in [-0.2, 0) is 26.2 Å². The zero-order chi connectivity index (χ0) is 37.2. The van der Waals surface area contributed by atoms with Gasteiger partial charge in [0.1, 0.15) is 0 Å². The smallest absolute Gasteiger partial charge is 0.358 e. The van der Waals surface area contributed by atoms with Crippen molar-refractivity contribution in [2.24, 2.45) is 4.74 Å². The largest absolute Gasteiger partial charge is 4.00 e. The predicted octanol–water partition coefficient (Wildman–Crippen LogP) is 14.4. The van der Waals surface area contributed by atoms with Crippen LogP contribution in [0.15, 0.2) is 175 Å². The third-order valence-corrected chi connectivity index (χ3v) is 13.5. The number of hydrogen-bond acceptors (Lipinski definition) is 1. The molecule has 54 heavy (non-hydrogen) atoms. The summed E-state index contributed by atoms with van der Waals surface area (Å²) in [4.78, 5) is 0. The Labute approximate surface area is 348 Å². The average molecular weight is 809 g/mol. The molecule has 0 unspecified atom stereocenters. The van der Waals surface area contributed by atoms with Gasteiger partial charge in [0.2, 0.25) is 0 Å². The molecule has 0 N–H and O–H groups in total. The minimum Gasteiger partial charge on any atom is -0.358 e. The molecule has 1 aliphatic rings. The van der Waals surface area contributed by atoms with Gasteiger partial charge >= 0.3 is 26.2 Å². The van der Waals surface area contributed by atoms with Gasteiger partial charge in [-0.2, -0.15) is 73.9 Å². The molecule has 1 nitrogen and oxygen atoms in total. The van der Waals surface area contributed by atoms with Gasteiger partial charge in [0.05, 0.1) is 5.69 Å². The molecule has 1 fully saturated rings. The van der Waals surface area contributed by atoms with E-state index >= 15 is 0 Å². The molecule has 6 aromatic carbocycles. The maximum atomic E-state index is 5.97. The van der Waals surface area contributed by atoms with Crippen molar-refractivity contribution < 1.29 is 26.2 Å². The summed E-state index contributed by atoms with van der Waals surface area (Å²) in [5.74, 6) is 0.906. The van der Waals surface area contributed by atoms with Crippen LogP contribution in [0.1, 0.15) is 93.0 Å². The molecular weight excluding hydrogens is 749 g/mol. The van der Waals surface area contributed by atoms with Gasteiger partial charge in [-0.3, -0.25) is 4.74 Å². The molecule has 6 aromatic rings. The van der Waals surface area contributed by atoms with Crippen molar-refractivity contribution in [3.63, 3.8) is 0 Å². The van der Waals surface area contributed by atoms with Crippen LogP contribution in [0.3, 0.4) is 0 Å². The van der Waals surface area contributed by atoms with E-state index in [9.17, 15) is 0 Å². The minimum atomic E-state index is -1.98. The topological polar surface area (TPSA) is 12.4 Å². The van der Waals surface area contributed by atoms with Crippen molar-refractivity contribution >= 4 is 23.4 Å². The monoisotopic (exact) mass is 807 g/mol. The molecule has 0 atom stereocenters. The second-order valence-corrected chi connectivity index (χ2v) is 17.3. The molecule has 0 aliphatic heterocycles. The second kappa shape index (κ2) is 24.4. The Bertz CT molecular complexity index is 1740. The maximum absolute atomic E-state index is 5.97. The number of hydrogen-bond donors (Lipinski definition) is 0. The fourth-order valence-electron chi connectivity index (χ4n) is 6.58. The van der Waals surface area contributed by atoms with E-state index in [1.54, 1.807) is 0 Å². The summed E-state index contributed by atoms with van der Waals surface area (Å²) in [5, 5.41) is 2.86. The second-order valence-electron chi connectivity index (χ2n) is 13.9. The normalized spacial score (nSPS) is 12.0. The van der Waals surface area contributed by atoms with Crippen LogP contribution in [-0.4, -0.2) is 5.66 Å². The van der Waals surface area contributed by atoms with Crippen LogP contribution in [0, 0.1) is 28.2 Å². The van der Waals surface area contributed by atoms with Crippen LogP contribution in [0.5, 0.6) is 0 Å². The average Bonchev–Trinajstić information content (AvgIpc) is 3.72.